The fourth-order valence-electron chi connectivity index (χ4n) is 3.47. The number of rotatable bonds is 7. The van der Waals surface area contributed by atoms with Gasteiger partial charge < -0.3 is 25.4 Å². The molecule has 1 heterocycles. The Balaban J connectivity index is 1.92. The molecule has 0 saturated heterocycles. The number of alkyl halides is 1. The average molecular weight is 429 g/mol. The van der Waals surface area contributed by atoms with E-state index in [4.69, 9.17) is 4.74 Å². The van der Waals surface area contributed by atoms with Gasteiger partial charge in [-0.05, 0) is 24.1 Å². The number of nitrogens with zero attached hydrogens (tertiary/aromatic N) is 1. The van der Waals surface area contributed by atoms with Gasteiger partial charge in [0.05, 0.1) is 12.3 Å². The number of β-amino-alcohol motifs (C(OH)–C–C–N with tert-alkyl or cyclic N) is 1. The number of amides is 3. The minimum atomic E-state index is -1.21. The molecule has 2 aromatic carbocycles. The summed E-state index contributed by atoms with van der Waals surface area (Å²) in [5, 5.41) is 14.4. The van der Waals surface area contributed by atoms with Crippen LogP contribution >= 0.6 is 0 Å². The maximum Gasteiger partial charge on any atom is 0.407 e. The Morgan fingerprint density at radius 2 is 1.84 bits per heavy atom. The standard InChI is InChI=1S/C22H24FN3O5/c1-14(31-22(30)24-11-10-23)20(28)25-19-17-8-3-2-6-15(17)16-7-4-5-9-18(16)26(12-13-27)21(19)29/h2-9,14,19,27H,10-13H2,1H3,(H,24,30)(H,25,28)/t14-,19-/m0/s1. The third-order valence-electron chi connectivity index (χ3n) is 4.90. The minimum absolute atomic E-state index is 0.0495. The smallest absolute Gasteiger partial charge is 0.407 e. The van der Waals surface area contributed by atoms with E-state index in [1.807, 2.05) is 24.3 Å². The zero-order valence-electron chi connectivity index (χ0n) is 17.0. The predicted molar refractivity (Wildman–Crippen MR) is 112 cm³/mol. The Morgan fingerprint density at radius 1 is 1.16 bits per heavy atom. The van der Waals surface area contributed by atoms with E-state index < -0.39 is 36.7 Å². The van der Waals surface area contributed by atoms with Crippen LogP contribution in [0.25, 0.3) is 11.1 Å². The molecule has 0 spiro atoms. The Bertz CT molecular complexity index is 968. The molecule has 3 N–H and O–H groups in total. The second kappa shape index (κ2) is 10.0. The molecule has 0 aliphatic carbocycles. The molecule has 0 saturated carbocycles. The van der Waals surface area contributed by atoms with Crippen LogP contribution in [-0.2, 0) is 14.3 Å². The van der Waals surface area contributed by atoms with Crippen LogP contribution in [0.3, 0.4) is 0 Å². The first-order valence-corrected chi connectivity index (χ1v) is 9.89. The zero-order chi connectivity index (χ0) is 22.4. The topological polar surface area (TPSA) is 108 Å². The van der Waals surface area contributed by atoms with Crippen LogP contribution in [0, 0.1) is 0 Å². The lowest BCUT2D eigenvalue weighted by molar-refractivity contribution is -0.132. The molecule has 2 aromatic rings. The fourth-order valence-corrected chi connectivity index (χ4v) is 3.47. The second-order valence-corrected chi connectivity index (χ2v) is 6.92. The third kappa shape index (κ3) is 4.83. The summed E-state index contributed by atoms with van der Waals surface area (Å²) in [5.74, 6) is -1.10. The van der Waals surface area contributed by atoms with E-state index in [9.17, 15) is 23.9 Å². The highest BCUT2D eigenvalue weighted by molar-refractivity contribution is 6.06. The van der Waals surface area contributed by atoms with Crippen molar-refractivity contribution in [1.29, 1.82) is 0 Å². The lowest BCUT2D eigenvalue weighted by Gasteiger charge is -2.26. The SMILES string of the molecule is C[C@H](OC(=O)NCCF)C(=O)N[C@@H]1C(=O)N(CCO)c2ccccc2-c2ccccc21. The van der Waals surface area contributed by atoms with Crippen LogP contribution in [0.15, 0.2) is 48.5 Å². The van der Waals surface area contributed by atoms with E-state index in [2.05, 4.69) is 10.6 Å². The van der Waals surface area contributed by atoms with Gasteiger partial charge in [0.1, 0.15) is 12.7 Å². The molecular formula is C22H24FN3O5. The number of halogens is 1. The summed E-state index contributed by atoms with van der Waals surface area (Å²) in [7, 11) is 0. The van der Waals surface area contributed by atoms with Crippen molar-refractivity contribution >= 4 is 23.6 Å². The number of aliphatic hydroxyl groups is 1. The number of hydrogen-bond donors (Lipinski definition) is 3. The summed E-state index contributed by atoms with van der Waals surface area (Å²) in [5.41, 5.74) is 2.78. The molecule has 8 nitrogen and oxygen atoms in total. The number of para-hydroxylation sites is 1. The molecule has 2 atom stereocenters. The van der Waals surface area contributed by atoms with Crippen molar-refractivity contribution in [2.24, 2.45) is 0 Å². The van der Waals surface area contributed by atoms with Gasteiger partial charge in [0.25, 0.3) is 11.8 Å². The van der Waals surface area contributed by atoms with Crippen LogP contribution in [0.2, 0.25) is 0 Å². The largest absolute Gasteiger partial charge is 0.436 e. The molecule has 1 aliphatic rings. The van der Waals surface area contributed by atoms with E-state index in [1.165, 1.54) is 11.8 Å². The van der Waals surface area contributed by atoms with Gasteiger partial charge in [-0.3, -0.25) is 9.59 Å². The van der Waals surface area contributed by atoms with E-state index in [-0.39, 0.29) is 19.7 Å². The van der Waals surface area contributed by atoms with Crippen LogP contribution in [0.4, 0.5) is 14.9 Å². The summed E-state index contributed by atoms with van der Waals surface area (Å²) < 4.78 is 17.1. The summed E-state index contributed by atoms with van der Waals surface area (Å²) >= 11 is 0. The number of aliphatic hydroxyl groups excluding tert-OH is 1. The van der Waals surface area contributed by atoms with E-state index >= 15 is 0 Å². The number of carbonyl (C=O) groups is 3. The molecule has 31 heavy (non-hydrogen) atoms. The van der Waals surface area contributed by atoms with Crippen molar-refractivity contribution in [3.8, 4) is 11.1 Å². The molecule has 164 valence electrons. The van der Waals surface area contributed by atoms with Gasteiger partial charge in [-0.25, -0.2) is 9.18 Å². The summed E-state index contributed by atoms with van der Waals surface area (Å²) in [6, 6.07) is 13.4. The minimum Gasteiger partial charge on any atom is -0.436 e. The number of fused-ring (bicyclic) bond motifs is 3. The monoisotopic (exact) mass is 429 g/mol. The van der Waals surface area contributed by atoms with Crippen molar-refractivity contribution in [3.05, 3.63) is 54.1 Å². The van der Waals surface area contributed by atoms with Gasteiger partial charge in [-0.2, -0.15) is 0 Å². The molecule has 0 radical (unpaired) electrons. The Kier molecular flexibility index (Phi) is 7.19. The van der Waals surface area contributed by atoms with Gasteiger partial charge in [0.2, 0.25) is 0 Å². The fraction of sp³-hybridized carbons (Fsp3) is 0.318. The number of hydrogen-bond acceptors (Lipinski definition) is 5. The van der Waals surface area contributed by atoms with Crippen molar-refractivity contribution < 1.29 is 28.6 Å². The van der Waals surface area contributed by atoms with Crippen LogP contribution in [-0.4, -0.2) is 55.5 Å². The lowest BCUT2D eigenvalue weighted by atomic mass is 9.95. The predicted octanol–water partition coefficient (Wildman–Crippen LogP) is 1.93. The number of ether oxygens (including phenoxy) is 1. The quantitative estimate of drug-likeness (QED) is 0.623. The number of nitrogens with one attached hydrogen (secondary N) is 2. The number of alkyl carbamates (subject to hydrolysis) is 1. The maximum atomic E-state index is 13.4. The molecule has 1 aliphatic heterocycles. The summed E-state index contributed by atoms with van der Waals surface area (Å²) in [6.07, 6.45) is -2.14. The molecule has 0 aromatic heterocycles. The molecule has 0 bridgehead atoms. The highest BCUT2D eigenvalue weighted by atomic mass is 19.1. The Labute approximate surface area is 179 Å². The maximum absolute atomic E-state index is 13.4. The number of anilines is 1. The Hall–Kier alpha value is -3.46. The molecule has 3 amide bonds. The van der Waals surface area contributed by atoms with Gasteiger partial charge in [0, 0.05) is 18.7 Å². The van der Waals surface area contributed by atoms with E-state index in [0.717, 1.165) is 11.1 Å². The first-order valence-electron chi connectivity index (χ1n) is 9.89. The summed E-state index contributed by atoms with van der Waals surface area (Å²) in [4.78, 5) is 39.2. The molecule has 9 heteroatoms. The van der Waals surface area contributed by atoms with E-state index in [1.54, 1.807) is 24.3 Å². The zero-order valence-corrected chi connectivity index (χ0v) is 17.0. The van der Waals surface area contributed by atoms with Crippen molar-refractivity contribution in [1.82, 2.24) is 10.6 Å². The lowest BCUT2D eigenvalue weighted by Crippen LogP contribution is -2.47. The number of benzene rings is 2. The van der Waals surface area contributed by atoms with Gasteiger partial charge in [-0.15, -0.1) is 0 Å². The van der Waals surface area contributed by atoms with Gasteiger partial charge in [-0.1, -0.05) is 42.5 Å². The second-order valence-electron chi connectivity index (χ2n) is 6.92. The molecule has 0 fully saturated rings. The molecule has 3 rings (SSSR count). The van der Waals surface area contributed by atoms with Crippen molar-refractivity contribution in [2.45, 2.75) is 19.1 Å². The van der Waals surface area contributed by atoms with Crippen molar-refractivity contribution in [3.63, 3.8) is 0 Å². The van der Waals surface area contributed by atoms with Crippen LogP contribution in [0.1, 0.15) is 18.5 Å². The first kappa shape index (κ1) is 22.2. The third-order valence-corrected chi connectivity index (χ3v) is 4.90. The first-order chi connectivity index (χ1) is 15.0. The normalized spacial score (nSPS) is 15.9. The van der Waals surface area contributed by atoms with Crippen LogP contribution in [0.5, 0.6) is 0 Å². The van der Waals surface area contributed by atoms with Gasteiger partial charge >= 0.3 is 6.09 Å². The highest BCUT2D eigenvalue weighted by Gasteiger charge is 2.35. The average Bonchev–Trinajstić information content (AvgIpc) is 2.87. The summed E-state index contributed by atoms with van der Waals surface area (Å²) in [6.45, 7) is 0.164. The molecular weight excluding hydrogens is 405 g/mol. The highest BCUT2D eigenvalue weighted by Crippen LogP contribution is 2.39. The Morgan fingerprint density at radius 3 is 2.55 bits per heavy atom. The van der Waals surface area contributed by atoms with E-state index in [0.29, 0.717) is 11.3 Å². The number of carbonyl (C=O) groups excluding carboxylic acids is 3. The van der Waals surface area contributed by atoms with Gasteiger partial charge in [0.15, 0.2) is 6.10 Å². The van der Waals surface area contributed by atoms with Crippen molar-refractivity contribution in [2.75, 3.05) is 31.3 Å². The molecule has 0 unspecified atom stereocenters. The van der Waals surface area contributed by atoms with Crippen LogP contribution < -0.4 is 15.5 Å².